The summed E-state index contributed by atoms with van der Waals surface area (Å²) in [4.78, 5) is 23.7. The number of hydrogen-bond donors (Lipinski definition) is 2. The van der Waals surface area contributed by atoms with Gasteiger partial charge in [-0.1, -0.05) is 84.9 Å². The molecule has 0 spiro atoms. The third-order valence-electron chi connectivity index (χ3n) is 4.29. The molecule has 6 nitrogen and oxygen atoms in total. The lowest BCUT2D eigenvalue weighted by atomic mass is 10.1. The van der Waals surface area contributed by atoms with Gasteiger partial charge in [-0.15, -0.1) is 0 Å². The first kappa shape index (κ1) is 20.9. The van der Waals surface area contributed by atoms with Gasteiger partial charge in [0.25, 0.3) is 0 Å². The normalized spacial score (nSPS) is 10.1. The number of carbonyl (C=O) groups is 2. The van der Waals surface area contributed by atoms with Gasteiger partial charge >= 0.3 is 12.2 Å². The number of ether oxygens (including phenoxy) is 2. The molecule has 3 aromatic rings. The Morgan fingerprint density at radius 1 is 0.567 bits per heavy atom. The lowest BCUT2D eigenvalue weighted by Crippen LogP contribution is -2.24. The number of amides is 2. The van der Waals surface area contributed by atoms with E-state index in [-0.39, 0.29) is 13.2 Å². The minimum absolute atomic E-state index is 0.224. The lowest BCUT2D eigenvalue weighted by molar-refractivity contribution is 0.138. The van der Waals surface area contributed by atoms with Crippen LogP contribution in [0.2, 0.25) is 0 Å². The van der Waals surface area contributed by atoms with Crippen LogP contribution in [-0.2, 0) is 35.8 Å². The van der Waals surface area contributed by atoms with Crippen LogP contribution in [0, 0.1) is 0 Å². The Morgan fingerprint density at radius 2 is 0.967 bits per heavy atom. The summed E-state index contributed by atoms with van der Waals surface area (Å²) in [6.07, 6.45) is -0.959. The predicted octanol–water partition coefficient (Wildman–Crippen LogP) is 4.54. The molecule has 2 N–H and O–H groups in total. The molecular weight excluding hydrogens is 380 g/mol. The van der Waals surface area contributed by atoms with Gasteiger partial charge < -0.3 is 20.1 Å². The molecule has 3 rings (SSSR count). The molecule has 154 valence electrons. The van der Waals surface area contributed by atoms with Crippen LogP contribution in [0.25, 0.3) is 0 Å². The predicted molar refractivity (Wildman–Crippen MR) is 113 cm³/mol. The zero-order valence-corrected chi connectivity index (χ0v) is 16.5. The number of alkyl carbamates (subject to hydrolysis) is 2. The summed E-state index contributed by atoms with van der Waals surface area (Å²) in [6, 6.07) is 26.6. The maximum atomic E-state index is 11.9. The molecule has 0 fully saturated rings. The van der Waals surface area contributed by atoms with E-state index in [1.165, 1.54) is 0 Å². The van der Waals surface area contributed by atoms with Crippen LogP contribution in [-0.4, -0.2) is 12.2 Å². The van der Waals surface area contributed by atoms with Gasteiger partial charge in [-0.25, -0.2) is 9.59 Å². The second-order valence-corrected chi connectivity index (χ2v) is 6.65. The Hall–Kier alpha value is -3.80. The zero-order chi connectivity index (χ0) is 21.0. The molecule has 0 aliphatic heterocycles. The molecule has 2 amide bonds. The van der Waals surface area contributed by atoms with E-state index in [0.29, 0.717) is 13.1 Å². The Balaban J connectivity index is 1.38. The average molecular weight is 404 g/mol. The van der Waals surface area contributed by atoms with Crippen LogP contribution in [0.4, 0.5) is 9.59 Å². The molecule has 0 aliphatic carbocycles. The molecule has 6 heteroatoms. The van der Waals surface area contributed by atoms with E-state index in [1.807, 2.05) is 84.9 Å². The summed E-state index contributed by atoms with van der Waals surface area (Å²) in [7, 11) is 0. The van der Waals surface area contributed by atoms with Crippen molar-refractivity contribution >= 4 is 12.2 Å². The smallest absolute Gasteiger partial charge is 0.407 e. The summed E-state index contributed by atoms with van der Waals surface area (Å²) in [6.45, 7) is 1.11. The standard InChI is InChI=1S/C24H24N2O4/c27-23(29-17-19-8-3-1-4-9-19)25-15-21-12-7-13-22(14-21)16-26-24(28)30-18-20-10-5-2-6-11-20/h1-14H,15-18H2,(H,25,27)(H,26,28). The van der Waals surface area contributed by atoms with Crippen LogP contribution >= 0.6 is 0 Å². The molecule has 30 heavy (non-hydrogen) atoms. The third kappa shape index (κ3) is 7.31. The maximum absolute atomic E-state index is 11.9. The number of benzene rings is 3. The Bertz CT molecular complexity index is 871. The average Bonchev–Trinajstić information content (AvgIpc) is 2.80. The van der Waals surface area contributed by atoms with Gasteiger partial charge in [0.2, 0.25) is 0 Å². The minimum atomic E-state index is -0.480. The number of hydrogen-bond acceptors (Lipinski definition) is 4. The van der Waals surface area contributed by atoms with Gasteiger partial charge in [-0.2, -0.15) is 0 Å². The van der Waals surface area contributed by atoms with Crippen LogP contribution in [0.1, 0.15) is 22.3 Å². The van der Waals surface area contributed by atoms with E-state index in [9.17, 15) is 9.59 Å². The highest BCUT2D eigenvalue weighted by Crippen LogP contribution is 2.07. The van der Waals surface area contributed by atoms with Gasteiger partial charge in [0.05, 0.1) is 0 Å². The number of rotatable bonds is 8. The minimum Gasteiger partial charge on any atom is -0.445 e. The maximum Gasteiger partial charge on any atom is 0.407 e. The molecule has 0 aromatic heterocycles. The molecule has 0 unspecified atom stereocenters. The van der Waals surface area contributed by atoms with E-state index < -0.39 is 12.2 Å². The Kier molecular flexibility index (Phi) is 7.85. The number of carbonyl (C=O) groups excluding carboxylic acids is 2. The summed E-state index contributed by atoms with van der Waals surface area (Å²) in [5.41, 5.74) is 3.67. The fourth-order valence-electron chi connectivity index (χ4n) is 2.75. The fourth-order valence-corrected chi connectivity index (χ4v) is 2.75. The van der Waals surface area contributed by atoms with Crippen molar-refractivity contribution < 1.29 is 19.1 Å². The molecular formula is C24H24N2O4. The van der Waals surface area contributed by atoms with Crippen molar-refractivity contribution in [3.63, 3.8) is 0 Å². The van der Waals surface area contributed by atoms with Gasteiger partial charge in [0.15, 0.2) is 0 Å². The quantitative estimate of drug-likeness (QED) is 0.578. The van der Waals surface area contributed by atoms with Crippen LogP contribution in [0.15, 0.2) is 84.9 Å². The monoisotopic (exact) mass is 404 g/mol. The first-order valence-electron chi connectivity index (χ1n) is 9.66. The van der Waals surface area contributed by atoms with Crippen molar-refractivity contribution in [2.24, 2.45) is 0 Å². The van der Waals surface area contributed by atoms with E-state index in [4.69, 9.17) is 9.47 Å². The van der Waals surface area contributed by atoms with Crippen molar-refractivity contribution in [3.05, 3.63) is 107 Å². The molecule has 0 saturated carbocycles. The van der Waals surface area contributed by atoms with Crippen molar-refractivity contribution in [1.82, 2.24) is 10.6 Å². The topological polar surface area (TPSA) is 76.7 Å². The van der Waals surface area contributed by atoms with Gasteiger partial charge in [-0.3, -0.25) is 0 Å². The van der Waals surface area contributed by atoms with Crippen molar-refractivity contribution in [3.8, 4) is 0 Å². The molecule has 0 aliphatic rings. The first-order valence-corrected chi connectivity index (χ1v) is 9.66. The molecule has 0 bridgehead atoms. The van der Waals surface area contributed by atoms with Crippen LogP contribution in [0.5, 0.6) is 0 Å². The number of nitrogens with one attached hydrogen (secondary N) is 2. The second kappa shape index (κ2) is 11.3. The highest BCUT2D eigenvalue weighted by molar-refractivity contribution is 5.67. The van der Waals surface area contributed by atoms with Crippen LogP contribution in [0.3, 0.4) is 0 Å². The fraction of sp³-hybridized carbons (Fsp3) is 0.167. The highest BCUT2D eigenvalue weighted by Gasteiger charge is 2.05. The molecule has 0 radical (unpaired) electrons. The Labute approximate surface area is 175 Å². The van der Waals surface area contributed by atoms with E-state index in [0.717, 1.165) is 22.3 Å². The lowest BCUT2D eigenvalue weighted by Gasteiger charge is -2.10. The van der Waals surface area contributed by atoms with Gasteiger partial charge in [0, 0.05) is 13.1 Å². The van der Waals surface area contributed by atoms with E-state index in [1.54, 1.807) is 0 Å². The molecule has 3 aromatic carbocycles. The Morgan fingerprint density at radius 3 is 1.40 bits per heavy atom. The van der Waals surface area contributed by atoms with Crippen LogP contribution < -0.4 is 10.6 Å². The van der Waals surface area contributed by atoms with Gasteiger partial charge in [0.1, 0.15) is 13.2 Å². The summed E-state index contributed by atoms with van der Waals surface area (Å²) < 4.78 is 10.4. The SMILES string of the molecule is O=C(NCc1cccc(CNC(=O)OCc2ccccc2)c1)OCc1ccccc1. The molecule has 0 heterocycles. The molecule has 0 saturated heterocycles. The highest BCUT2D eigenvalue weighted by atomic mass is 16.6. The van der Waals surface area contributed by atoms with Crippen molar-refractivity contribution in [2.45, 2.75) is 26.3 Å². The first-order chi connectivity index (χ1) is 14.7. The molecule has 0 atom stereocenters. The summed E-state index contributed by atoms with van der Waals surface area (Å²) in [5, 5.41) is 5.45. The van der Waals surface area contributed by atoms with Gasteiger partial charge in [-0.05, 0) is 22.3 Å². The van der Waals surface area contributed by atoms with Crippen molar-refractivity contribution in [2.75, 3.05) is 0 Å². The summed E-state index contributed by atoms with van der Waals surface area (Å²) in [5.74, 6) is 0. The van der Waals surface area contributed by atoms with E-state index in [2.05, 4.69) is 10.6 Å². The largest absolute Gasteiger partial charge is 0.445 e. The third-order valence-corrected chi connectivity index (χ3v) is 4.29. The summed E-state index contributed by atoms with van der Waals surface area (Å²) >= 11 is 0. The zero-order valence-electron chi connectivity index (χ0n) is 16.5. The second-order valence-electron chi connectivity index (χ2n) is 6.65. The van der Waals surface area contributed by atoms with Crippen molar-refractivity contribution in [1.29, 1.82) is 0 Å². The van der Waals surface area contributed by atoms with E-state index >= 15 is 0 Å².